The highest BCUT2D eigenvalue weighted by atomic mass is 35.5. The fraction of sp³-hybridized carbons (Fsp3) is 0.696. The molecule has 3 fully saturated rings. The Bertz CT molecular complexity index is 903. The Kier molecular flexibility index (Phi) is 6.00. The predicted octanol–water partition coefficient (Wildman–Crippen LogP) is 3.82. The van der Waals surface area contributed by atoms with Crippen molar-refractivity contribution in [2.45, 2.75) is 62.5 Å². The molecular formula is C23H27Cl2FO6. The molecule has 0 radical (unpaired) electrons. The summed E-state index contributed by atoms with van der Waals surface area (Å²) in [7, 11) is 0. The van der Waals surface area contributed by atoms with Crippen molar-refractivity contribution >= 4 is 40.9 Å². The molecule has 3 saturated carbocycles. The molecule has 0 aliphatic heterocycles. The summed E-state index contributed by atoms with van der Waals surface area (Å²) < 4.78 is 23.3. The van der Waals surface area contributed by atoms with Crippen molar-refractivity contribution in [2.75, 3.05) is 6.86 Å². The maximum atomic E-state index is 13.0. The maximum Gasteiger partial charge on any atom is 0.353 e. The largest absolute Gasteiger partial charge is 0.444 e. The number of carbonyl (C=O) groups is 3. The molecule has 4 rings (SSSR count). The van der Waals surface area contributed by atoms with Crippen molar-refractivity contribution in [3.63, 3.8) is 0 Å². The third-order valence-electron chi connectivity index (χ3n) is 8.58. The predicted molar refractivity (Wildman–Crippen MR) is 114 cm³/mol. The lowest BCUT2D eigenvalue weighted by Crippen LogP contribution is -2.63. The maximum absolute atomic E-state index is 13.0. The first-order valence-electron chi connectivity index (χ1n) is 10.9. The van der Waals surface area contributed by atoms with Crippen molar-refractivity contribution in [2.24, 2.45) is 28.6 Å². The van der Waals surface area contributed by atoms with E-state index in [1.54, 1.807) is 19.1 Å². The number of ketones is 1. The van der Waals surface area contributed by atoms with Crippen molar-refractivity contribution in [3.8, 4) is 0 Å². The molecule has 7 atom stereocenters. The number of alkyl halides is 3. The molecule has 0 unspecified atom stereocenters. The molecule has 6 nitrogen and oxygen atoms in total. The molecule has 0 bridgehead atoms. The minimum atomic E-state index is -1.79. The zero-order valence-corrected chi connectivity index (χ0v) is 19.5. The van der Waals surface area contributed by atoms with Gasteiger partial charge in [0.15, 0.2) is 5.78 Å². The lowest BCUT2D eigenvalue weighted by molar-refractivity contribution is -0.214. The van der Waals surface area contributed by atoms with E-state index in [0.717, 1.165) is 12.0 Å². The van der Waals surface area contributed by atoms with Gasteiger partial charge in [0, 0.05) is 16.7 Å². The Labute approximate surface area is 196 Å². The summed E-state index contributed by atoms with van der Waals surface area (Å²) in [6.07, 6.45) is 6.48. The van der Waals surface area contributed by atoms with Crippen LogP contribution >= 0.6 is 23.2 Å². The van der Waals surface area contributed by atoms with E-state index in [9.17, 15) is 23.9 Å². The van der Waals surface area contributed by atoms with Crippen LogP contribution in [0, 0.1) is 28.6 Å². The van der Waals surface area contributed by atoms with E-state index in [4.69, 9.17) is 32.7 Å². The molecule has 4 aliphatic carbocycles. The molecule has 0 aromatic rings. The highest BCUT2D eigenvalue weighted by molar-refractivity contribution is 6.53. The van der Waals surface area contributed by atoms with Crippen molar-refractivity contribution < 1.29 is 33.4 Å². The number of allylic oxidation sites excluding steroid dienone is 4. The summed E-state index contributed by atoms with van der Waals surface area (Å²) in [4.78, 5) is 35.8. The zero-order chi connectivity index (χ0) is 23.5. The quantitative estimate of drug-likeness (QED) is 0.477. The number of halogens is 3. The molecule has 4 aliphatic rings. The Hall–Kier alpha value is -1.44. The van der Waals surface area contributed by atoms with Crippen LogP contribution in [-0.4, -0.2) is 46.2 Å². The molecule has 0 heterocycles. The molecule has 0 amide bonds. The van der Waals surface area contributed by atoms with Crippen LogP contribution in [0.25, 0.3) is 0 Å². The second kappa shape index (κ2) is 8.10. The van der Waals surface area contributed by atoms with E-state index in [1.165, 1.54) is 0 Å². The van der Waals surface area contributed by atoms with Gasteiger partial charge in [-0.05, 0) is 56.1 Å². The number of aliphatic hydroxyl groups excluding tert-OH is 1. The first-order chi connectivity index (χ1) is 15.0. The summed E-state index contributed by atoms with van der Waals surface area (Å²) in [5.41, 5.74) is -2.25. The molecule has 0 saturated heterocycles. The van der Waals surface area contributed by atoms with Gasteiger partial charge in [-0.3, -0.25) is 4.79 Å². The van der Waals surface area contributed by atoms with Crippen LogP contribution in [0.2, 0.25) is 0 Å². The monoisotopic (exact) mass is 488 g/mol. The summed E-state index contributed by atoms with van der Waals surface area (Å²) >= 11 is 11.4. The Balaban J connectivity index is 1.75. The topological polar surface area (TPSA) is 89.9 Å². The van der Waals surface area contributed by atoms with Crippen LogP contribution in [0.5, 0.6) is 0 Å². The molecule has 176 valence electrons. The smallest absolute Gasteiger partial charge is 0.353 e. The van der Waals surface area contributed by atoms with Crippen LogP contribution in [0.1, 0.15) is 46.0 Å². The van der Waals surface area contributed by atoms with E-state index in [1.807, 2.05) is 13.0 Å². The number of carbonyl (C=O) groups excluding carboxylic acids is 3. The second-order valence-corrected chi connectivity index (χ2v) is 10.9. The van der Waals surface area contributed by atoms with E-state index in [0.29, 0.717) is 12.8 Å². The molecule has 9 heteroatoms. The summed E-state index contributed by atoms with van der Waals surface area (Å²) in [5, 5.41) is 11.4. The highest BCUT2D eigenvalue weighted by Gasteiger charge is 2.71. The Morgan fingerprint density at radius 2 is 2.03 bits per heavy atom. The van der Waals surface area contributed by atoms with Gasteiger partial charge in [-0.25, -0.2) is 14.0 Å². The minimum absolute atomic E-state index is 0.00491. The van der Waals surface area contributed by atoms with Gasteiger partial charge < -0.3 is 14.6 Å². The van der Waals surface area contributed by atoms with E-state index < -0.39 is 46.2 Å². The number of aliphatic hydroxyl groups is 1. The first kappa shape index (κ1) is 23.7. The lowest BCUT2D eigenvalue weighted by Gasteiger charge is -2.59. The number of hydrogen-bond donors (Lipinski definition) is 1. The molecule has 0 spiro atoms. The molecule has 0 aromatic carbocycles. The fourth-order valence-corrected chi connectivity index (χ4v) is 7.33. The van der Waals surface area contributed by atoms with E-state index in [2.05, 4.69) is 0 Å². The van der Waals surface area contributed by atoms with Crippen LogP contribution < -0.4 is 0 Å². The van der Waals surface area contributed by atoms with Crippen LogP contribution in [0.15, 0.2) is 23.8 Å². The molecule has 32 heavy (non-hydrogen) atoms. The van der Waals surface area contributed by atoms with Gasteiger partial charge >= 0.3 is 11.9 Å². The van der Waals surface area contributed by atoms with Gasteiger partial charge in [0.25, 0.3) is 0 Å². The minimum Gasteiger partial charge on any atom is -0.444 e. The number of ether oxygens (including phenoxy) is 2. The average Bonchev–Trinajstić information content (AvgIpc) is 3.01. The number of rotatable bonds is 4. The first-order valence-corrected chi connectivity index (χ1v) is 11.7. The van der Waals surface area contributed by atoms with Gasteiger partial charge in [0.05, 0.1) is 6.10 Å². The Morgan fingerprint density at radius 3 is 2.69 bits per heavy atom. The van der Waals surface area contributed by atoms with Gasteiger partial charge in [-0.15, -0.1) is 0 Å². The number of hydrogen-bond acceptors (Lipinski definition) is 6. The number of esters is 2. The van der Waals surface area contributed by atoms with Gasteiger partial charge in [0.2, 0.25) is 17.3 Å². The van der Waals surface area contributed by atoms with E-state index in [-0.39, 0.29) is 36.4 Å². The Morgan fingerprint density at radius 1 is 1.31 bits per heavy atom. The summed E-state index contributed by atoms with van der Waals surface area (Å²) in [6.45, 7) is 2.47. The second-order valence-electron chi connectivity index (χ2n) is 9.84. The molecule has 0 aromatic heterocycles. The standard InChI is InChI=1S/C23H27Cl2FO6/c1-21-7-5-13(27)9-12(21)3-4-14-15-6-8-23(20(30)31-11-26,32-19(29)18(24)25)22(15,2)10-16(28)17(14)21/h5,7,9,14-18,28H,3-4,6,8,10-11H2,1-2H3/t14-,15-,16-,17+,21-,22-,23-/m0/s1. The fourth-order valence-electron chi connectivity index (χ4n) is 7.24. The van der Waals surface area contributed by atoms with Crippen LogP contribution in [0.3, 0.4) is 0 Å². The molecule has 1 N–H and O–H groups in total. The zero-order valence-electron chi connectivity index (χ0n) is 18.0. The highest BCUT2D eigenvalue weighted by Crippen LogP contribution is 2.68. The van der Waals surface area contributed by atoms with Gasteiger partial charge in [0.1, 0.15) is 0 Å². The van der Waals surface area contributed by atoms with E-state index >= 15 is 0 Å². The third kappa shape index (κ3) is 3.26. The lowest BCUT2D eigenvalue weighted by atomic mass is 9.46. The number of fused-ring (bicyclic) bond motifs is 5. The van der Waals surface area contributed by atoms with Crippen LogP contribution in [0.4, 0.5) is 4.39 Å². The van der Waals surface area contributed by atoms with Gasteiger partial charge in [-0.2, -0.15) is 0 Å². The van der Waals surface area contributed by atoms with Crippen LogP contribution in [-0.2, 0) is 23.9 Å². The van der Waals surface area contributed by atoms with Crippen molar-refractivity contribution in [1.29, 1.82) is 0 Å². The van der Waals surface area contributed by atoms with Gasteiger partial charge in [-0.1, -0.05) is 48.7 Å². The normalized spacial score (nSPS) is 42.6. The molecular weight excluding hydrogens is 462 g/mol. The average molecular weight is 489 g/mol. The van der Waals surface area contributed by atoms with Crippen molar-refractivity contribution in [3.05, 3.63) is 23.8 Å². The van der Waals surface area contributed by atoms with Crippen molar-refractivity contribution in [1.82, 2.24) is 0 Å². The SMILES string of the molecule is C[C@]12C=CC(=O)C=C1CC[C@@H]1[C@@H]2[C@@H](O)C[C@@]2(C)[C@H]1CC[C@]2(OC(=O)C(Cl)Cl)C(=O)OCF. The third-order valence-corrected chi connectivity index (χ3v) is 8.94. The summed E-state index contributed by atoms with van der Waals surface area (Å²) in [6, 6.07) is 0. The summed E-state index contributed by atoms with van der Waals surface area (Å²) in [5.74, 6) is -2.29.